The topological polar surface area (TPSA) is 38.8 Å². The fraction of sp³-hybridized carbons (Fsp3) is 0.240. The molecule has 0 saturated carbocycles. The molecule has 1 aliphatic heterocycles. The van der Waals surface area contributed by atoms with Crippen molar-refractivity contribution in [3.63, 3.8) is 0 Å². The molecular weight excluding hydrogens is 394 g/mol. The molecule has 30 heavy (non-hydrogen) atoms. The summed E-state index contributed by atoms with van der Waals surface area (Å²) in [6, 6.07) is 18.5. The van der Waals surface area contributed by atoms with E-state index in [1.54, 1.807) is 18.4 Å². The normalized spacial score (nSPS) is 15.7. The molecule has 0 bridgehead atoms. The van der Waals surface area contributed by atoms with Crippen LogP contribution < -0.4 is 9.64 Å². The van der Waals surface area contributed by atoms with Gasteiger partial charge in [0.05, 0.1) is 19.3 Å². The van der Waals surface area contributed by atoms with Crippen molar-refractivity contribution < 1.29 is 14.3 Å². The van der Waals surface area contributed by atoms with E-state index in [2.05, 4.69) is 46.0 Å². The molecule has 2 heterocycles. The van der Waals surface area contributed by atoms with Crippen LogP contribution in [0.3, 0.4) is 0 Å². The number of carbonyl (C=O) groups excluding carboxylic acids is 1. The maximum atomic E-state index is 13.1. The summed E-state index contributed by atoms with van der Waals surface area (Å²) in [7, 11) is 1.67. The third kappa shape index (κ3) is 3.73. The van der Waals surface area contributed by atoms with Crippen molar-refractivity contribution in [3.8, 4) is 5.75 Å². The fourth-order valence-electron chi connectivity index (χ4n) is 4.05. The van der Waals surface area contributed by atoms with E-state index in [4.69, 9.17) is 9.47 Å². The highest BCUT2D eigenvalue weighted by Crippen LogP contribution is 2.46. The Bertz CT molecular complexity index is 1050. The van der Waals surface area contributed by atoms with Crippen LogP contribution >= 0.6 is 11.3 Å². The molecule has 0 fully saturated rings. The largest absolute Gasteiger partial charge is 0.497 e. The van der Waals surface area contributed by atoms with E-state index in [0.29, 0.717) is 18.7 Å². The zero-order valence-electron chi connectivity index (χ0n) is 17.4. The second kappa shape index (κ2) is 8.76. The third-order valence-electron chi connectivity index (χ3n) is 5.49. The van der Waals surface area contributed by atoms with Crippen LogP contribution in [-0.2, 0) is 16.1 Å². The van der Waals surface area contributed by atoms with Gasteiger partial charge >= 0.3 is 5.97 Å². The molecule has 0 spiro atoms. The van der Waals surface area contributed by atoms with Gasteiger partial charge in [0.25, 0.3) is 0 Å². The van der Waals surface area contributed by atoms with Crippen molar-refractivity contribution in [2.24, 2.45) is 0 Å². The molecule has 0 radical (unpaired) electrons. The van der Waals surface area contributed by atoms with Gasteiger partial charge in [0, 0.05) is 23.8 Å². The number of allylic oxidation sites excluding steroid dienone is 1. The van der Waals surface area contributed by atoms with Gasteiger partial charge < -0.3 is 14.4 Å². The number of hydrogen-bond acceptors (Lipinski definition) is 5. The molecule has 0 N–H and O–H groups in total. The lowest BCUT2D eigenvalue weighted by Gasteiger charge is -2.37. The highest BCUT2D eigenvalue weighted by Gasteiger charge is 2.36. The summed E-state index contributed by atoms with van der Waals surface area (Å²) >= 11 is 1.64. The summed E-state index contributed by atoms with van der Waals surface area (Å²) in [5.74, 6) is 0.453. The number of ether oxygens (including phenoxy) is 2. The van der Waals surface area contributed by atoms with E-state index in [1.165, 1.54) is 0 Å². The first-order valence-corrected chi connectivity index (χ1v) is 11.0. The minimum atomic E-state index is -0.250. The Balaban J connectivity index is 1.83. The molecular formula is C25H25NO3S. The Morgan fingerprint density at radius 1 is 1.10 bits per heavy atom. The molecule has 2 aromatic carbocycles. The zero-order chi connectivity index (χ0) is 21.1. The van der Waals surface area contributed by atoms with E-state index >= 15 is 0 Å². The molecule has 5 heteroatoms. The number of nitrogens with zero attached hydrogens (tertiary/aromatic N) is 1. The molecule has 1 aromatic heterocycles. The van der Waals surface area contributed by atoms with E-state index in [9.17, 15) is 4.79 Å². The number of thiophene rings is 1. The average molecular weight is 420 g/mol. The molecule has 4 nitrogen and oxygen atoms in total. The lowest BCUT2D eigenvalue weighted by molar-refractivity contribution is -0.138. The minimum absolute atomic E-state index is 0.126. The molecule has 0 unspecified atom stereocenters. The van der Waals surface area contributed by atoms with Gasteiger partial charge in [-0.05, 0) is 65.6 Å². The summed E-state index contributed by atoms with van der Waals surface area (Å²) in [5, 5.41) is 4.17. The molecule has 0 aliphatic carbocycles. The van der Waals surface area contributed by atoms with Gasteiger partial charge in [-0.15, -0.1) is 0 Å². The summed E-state index contributed by atoms with van der Waals surface area (Å²) in [5.41, 5.74) is 6.15. The quantitative estimate of drug-likeness (QED) is 0.477. The summed E-state index contributed by atoms with van der Waals surface area (Å²) in [4.78, 5) is 15.3. The summed E-state index contributed by atoms with van der Waals surface area (Å²) in [6.07, 6.45) is 0. The third-order valence-corrected chi connectivity index (χ3v) is 6.19. The van der Waals surface area contributed by atoms with E-state index in [0.717, 1.165) is 33.8 Å². The van der Waals surface area contributed by atoms with Crippen LogP contribution in [0.1, 0.15) is 36.5 Å². The number of fused-ring (bicyclic) bond motifs is 1. The van der Waals surface area contributed by atoms with Crippen LogP contribution in [-0.4, -0.2) is 19.7 Å². The number of benzene rings is 2. The number of methoxy groups -OCH3 is 1. The van der Waals surface area contributed by atoms with Crippen molar-refractivity contribution in [3.05, 3.63) is 93.3 Å². The van der Waals surface area contributed by atoms with E-state index in [-0.39, 0.29) is 11.9 Å². The minimum Gasteiger partial charge on any atom is -0.497 e. The van der Waals surface area contributed by atoms with Gasteiger partial charge in [0.2, 0.25) is 0 Å². The van der Waals surface area contributed by atoms with Crippen LogP contribution in [0.15, 0.2) is 76.6 Å². The smallest absolute Gasteiger partial charge is 0.336 e. The molecule has 4 rings (SSSR count). The standard InChI is InChI=1S/C25H25NO3S/c1-4-29-25(27)23-17(2)26(15-18-9-11-20(28-3)12-10-18)22-8-6-5-7-21(22)24(23)19-13-14-30-16-19/h5-14,16,24H,4,15H2,1-3H3/t24-/m1/s1. The Hall–Kier alpha value is -3.05. The van der Waals surface area contributed by atoms with Crippen molar-refractivity contribution in [2.75, 3.05) is 18.6 Å². The van der Waals surface area contributed by atoms with Gasteiger partial charge in [-0.1, -0.05) is 30.3 Å². The van der Waals surface area contributed by atoms with Crippen LogP contribution in [0.25, 0.3) is 0 Å². The number of anilines is 1. The van der Waals surface area contributed by atoms with E-state index < -0.39 is 0 Å². The van der Waals surface area contributed by atoms with Crippen LogP contribution in [0.2, 0.25) is 0 Å². The van der Waals surface area contributed by atoms with Gasteiger partial charge in [-0.2, -0.15) is 11.3 Å². The number of para-hydroxylation sites is 1. The zero-order valence-corrected chi connectivity index (χ0v) is 18.2. The van der Waals surface area contributed by atoms with Crippen molar-refractivity contribution in [2.45, 2.75) is 26.3 Å². The van der Waals surface area contributed by atoms with Crippen molar-refractivity contribution in [1.82, 2.24) is 0 Å². The Kier molecular flexibility index (Phi) is 5.91. The first-order valence-electron chi connectivity index (χ1n) is 10.0. The first-order chi connectivity index (χ1) is 14.6. The Morgan fingerprint density at radius 3 is 2.53 bits per heavy atom. The summed E-state index contributed by atoms with van der Waals surface area (Å²) < 4.78 is 10.8. The molecule has 154 valence electrons. The predicted molar refractivity (Wildman–Crippen MR) is 121 cm³/mol. The van der Waals surface area contributed by atoms with Crippen LogP contribution in [0.4, 0.5) is 5.69 Å². The molecule has 1 atom stereocenters. The molecule has 0 saturated heterocycles. The van der Waals surface area contributed by atoms with Crippen molar-refractivity contribution in [1.29, 1.82) is 0 Å². The SMILES string of the molecule is CCOC(=O)C1=C(C)N(Cc2ccc(OC)cc2)c2ccccc2[C@H]1c1ccsc1. The number of hydrogen-bond donors (Lipinski definition) is 0. The first kappa shape index (κ1) is 20.2. The summed E-state index contributed by atoms with van der Waals surface area (Å²) in [6.45, 7) is 4.88. The Labute approximate surface area is 181 Å². The number of carbonyl (C=O) groups is 1. The van der Waals surface area contributed by atoms with Gasteiger partial charge in [0.15, 0.2) is 0 Å². The maximum Gasteiger partial charge on any atom is 0.336 e. The average Bonchev–Trinajstić information content (AvgIpc) is 3.30. The lowest BCUT2D eigenvalue weighted by Crippen LogP contribution is -2.32. The highest BCUT2D eigenvalue weighted by molar-refractivity contribution is 7.08. The predicted octanol–water partition coefficient (Wildman–Crippen LogP) is 5.75. The highest BCUT2D eigenvalue weighted by atomic mass is 32.1. The number of rotatable bonds is 6. The van der Waals surface area contributed by atoms with Crippen molar-refractivity contribution >= 4 is 23.0 Å². The molecule has 1 aliphatic rings. The monoisotopic (exact) mass is 419 g/mol. The van der Waals surface area contributed by atoms with E-state index in [1.807, 2.05) is 38.1 Å². The molecule has 3 aromatic rings. The lowest BCUT2D eigenvalue weighted by atomic mass is 9.81. The second-order valence-electron chi connectivity index (χ2n) is 7.20. The molecule has 0 amide bonds. The van der Waals surface area contributed by atoms with Gasteiger partial charge in [-0.3, -0.25) is 0 Å². The van der Waals surface area contributed by atoms with Crippen LogP contribution in [0.5, 0.6) is 5.75 Å². The number of esters is 1. The van der Waals surface area contributed by atoms with Gasteiger partial charge in [-0.25, -0.2) is 4.79 Å². The van der Waals surface area contributed by atoms with Crippen LogP contribution in [0, 0.1) is 0 Å². The Morgan fingerprint density at radius 2 is 1.87 bits per heavy atom. The fourth-order valence-corrected chi connectivity index (χ4v) is 4.73. The maximum absolute atomic E-state index is 13.1. The van der Waals surface area contributed by atoms with Gasteiger partial charge in [0.1, 0.15) is 5.75 Å². The second-order valence-corrected chi connectivity index (χ2v) is 7.98.